The zero-order chi connectivity index (χ0) is 17.1. The van der Waals surface area contributed by atoms with E-state index < -0.39 is 6.09 Å². The molecule has 2 heterocycles. The molecule has 2 aliphatic heterocycles. The monoisotopic (exact) mass is 369 g/mol. The molecule has 24 heavy (non-hydrogen) atoms. The number of thiol groups is 1. The van der Waals surface area contributed by atoms with Gasteiger partial charge in [0.15, 0.2) is 0 Å². The third kappa shape index (κ3) is 4.00. The van der Waals surface area contributed by atoms with Crippen LogP contribution in [0.5, 0.6) is 0 Å². The summed E-state index contributed by atoms with van der Waals surface area (Å²) in [5.41, 5.74) is 1.33. The molecule has 1 amide bonds. The highest BCUT2D eigenvalue weighted by Crippen LogP contribution is 2.32. The maximum Gasteiger partial charge on any atom is 0.414 e. The first kappa shape index (κ1) is 17.5. The van der Waals surface area contributed by atoms with Crippen molar-refractivity contribution in [2.24, 2.45) is 0 Å². The lowest BCUT2D eigenvalue weighted by Gasteiger charge is -2.20. The van der Waals surface area contributed by atoms with Gasteiger partial charge in [0.2, 0.25) is 0 Å². The highest BCUT2D eigenvalue weighted by Gasteiger charge is 2.33. The fraction of sp³-hybridized carbons (Fsp3) is 0.529. The lowest BCUT2D eigenvalue weighted by molar-refractivity contribution is 0.143. The summed E-state index contributed by atoms with van der Waals surface area (Å²) >= 11 is 6.43. The van der Waals surface area contributed by atoms with E-state index in [-0.39, 0.29) is 11.9 Å². The zero-order valence-electron chi connectivity index (χ0n) is 13.6. The number of carbonyl (C=O) groups is 1. The largest absolute Gasteiger partial charge is 0.442 e. The first-order chi connectivity index (χ1) is 11.5. The summed E-state index contributed by atoms with van der Waals surface area (Å²) in [6.45, 7) is 2.65. The number of carbonyl (C=O) groups excluding carboxylic acids is 1. The number of thiocarbonyl (C=S) groups is 1. The second-order valence-electron chi connectivity index (χ2n) is 6.20. The number of rotatable bonds is 4. The molecule has 2 fully saturated rings. The Morgan fingerprint density at radius 3 is 2.88 bits per heavy atom. The van der Waals surface area contributed by atoms with E-state index in [1.54, 1.807) is 6.92 Å². The quantitative estimate of drug-likeness (QED) is 0.503. The van der Waals surface area contributed by atoms with Gasteiger partial charge in [-0.05, 0) is 55.1 Å². The maximum absolute atomic E-state index is 14.6. The zero-order valence-corrected chi connectivity index (χ0v) is 15.3. The van der Waals surface area contributed by atoms with Gasteiger partial charge in [0.1, 0.15) is 23.4 Å². The smallest absolute Gasteiger partial charge is 0.414 e. The average molecular weight is 370 g/mol. The van der Waals surface area contributed by atoms with Crippen LogP contribution in [-0.4, -0.2) is 41.8 Å². The Balaban J connectivity index is 1.69. The Hall–Kier alpha value is -1.34. The highest BCUT2D eigenvalue weighted by molar-refractivity contribution is 7.80. The van der Waals surface area contributed by atoms with E-state index >= 15 is 0 Å². The first-order valence-electron chi connectivity index (χ1n) is 8.20. The van der Waals surface area contributed by atoms with Gasteiger partial charge in [-0.1, -0.05) is 18.3 Å². The molecule has 1 atom stereocenters. The molecule has 130 valence electrons. The number of hydrogen-bond acceptors (Lipinski definition) is 3. The summed E-state index contributed by atoms with van der Waals surface area (Å²) in [5, 5.41) is 3.00. The van der Waals surface area contributed by atoms with Crippen LogP contribution >= 0.6 is 12.2 Å². The van der Waals surface area contributed by atoms with Crippen LogP contribution < -0.4 is 10.2 Å². The van der Waals surface area contributed by atoms with E-state index in [0.717, 1.165) is 29.9 Å². The Kier molecular flexibility index (Phi) is 5.61. The average Bonchev–Trinajstić information content (AvgIpc) is 2.94. The number of anilines is 1. The van der Waals surface area contributed by atoms with Crippen molar-refractivity contribution in [2.45, 2.75) is 31.8 Å². The number of nitrogens with zero attached hydrogens (tertiary/aromatic N) is 1. The van der Waals surface area contributed by atoms with Gasteiger partial charge in [-0.25, -0.2) is 9.18 Å². The van der Waals surface area contributed by atoms with Gasteiger partial charge in [0.05, 0.1) is 23.8 Å². The van der Waals surface area contributed by atoms with Crippen LogP contribution in [-0.2, 0) is 16.5 Å². The summed E-state index contributed by atoms with van der Waals surface area (Å²) in [7, 11) is 0. The molecule has 0 aromatic heterocycles. The second kappa shape index (κ2) is 7.70. The third-order valence-electron chi connectivity index (χ3n) is 4.46. The van der Waals surface area contributed by atoms with E-state index in [0.29, 0.717) is 29.7 Å². The molecule has 0 aliphatic carbocycles. The van der Waals surface area contributed by atoms with Crippen molar-refractivity contribution < 1.29 is 13.9 Å². The van der Waals surface area contributed by atoms with E-state index in [2.05, 4.69) is 5.32 Å². The minimum Gasteiger partial charge on any atom is -0.442 e. The van der Waals surface area contributed by atoms with Gasteiger partial charge in [0, 0.05) is 0 Å². The number of hydrogen-bond donors (Lipinski definition) is 1. The van der Waals surface area contributed by atoms with E-state index in [4.69, 9.17) is 17.0 Å². The lowest BCUT2D eigenvalue weighted by Crippen LogP contribution is -2.32. The van der Waals surface area contributed by atoms with Crippen LogP contribution in [0.15, 0.2) is 18.2 Å². The normalized spacial score (nSPS) is 21.7. The third-order valence-corrected chi connectivity index (χ3v) is 5.75. The highest BCUT2D eigenvalue weighted by atomic mass is 32.2. The van der Waals surface area contributed by atoms with Crippen LogP contribution in [0.1, 0.15) is 31.2 Å². The molecule has 4 nitrogen and oxygen atoms in total. The first-order valence-corrected chi connectivity index (χ1v) is 9.87. The Morgan fingerprint density at radius 2 is 2.21 bits per heavy atom. The van der Waals surface area contributed by atoms with Gasteiger partial charge in [-0.15, -0.1) is 0 Å². The summed E-state index contributed by atoms with van der Waals surface area (Å²) in [4.78, 5) is 14.2. The molecule has 0 bridgehead atoms. The van der Waals surface area contributed by atoms with Crippen molar-refractivity contribution in [1.29, 1.82) is 0 Å². The van der Waals surface area contributed by atoms with E-state index in [1.165, 1.54) is 22.7 Å². The summed E-state index contributed by atoms with van der Waals surface area (Å²) in [6, 6.07) is 5.12. The number of amides is 1. The Labute approximate surface area is 151 Å². The number of benzene rings is 1. The molecule has 3 rings (SSSR count). The van der Waals surface area contributed by atoms with Crippen molar-refractivity contribution in [3.8, 4) is 0 Å². The van der Waals surface area contributed by atoms with Gasteiger partial charge >= 0.3 is 6.09 Å². The van der Waals surface area contributed by atoms with Crippen molar-refractivity contribution in [3.63, 3.8) is 0 Å². The van der Waals surface area contributed by atoms with Crippen LogP contribution in [0.4, 0.5) is 14.9 Å². The van der Waals surface area contributed by atoms with E-state index in [1.807, 2.05) is 12.1 Å². The van der Waals surface area contributed by atoms with Crippen LogP contribution in [0.25, 0.3) is 0 Å². The lowest BCUT2D eigenvalue weighted by atomic mass is 9.93. The summed E-state index contributed by atoms with van der Waals surface area (Å²) in [5.74, 6) is 2.35. The Bertz CT molecular complexity index is 635. The summed E-state index contributed by atoms with van der Waals surface area (Å²) in [6.07, 6.45) is 1.35. The summed E-state index contributed by atoms with van der Waals surface area (Å²) < 4.78 is 19.9. The number of ether oxygens (including phenoxy) is 1. The van der Waals surface area contributed by atoms with Crippen LogP contribution in [0.2, 0.25) is 0 Å². The molecule has 1 aromatic carbocycles. The second-order valence-corrected chi connectivity index (χ2v) is 8.16. The molecular formula is C17H22FN2O2S2+. The molecule has 7 heteroatoms. The molecule has 2 aliphatic rings. The molecule has 0 unspecified atom stereocenters. The van der Waals surface area contributed by atoms with E-state index in [9.17, 15) is 9.18 Å². The molecule has 1 N–H and O–H groups in total. The SMILES string of the molecule is CC(=S)NC[C@H]1CN(c2ccc(C3CC[SH+]CC3)c(F)c2)C(=O)O1. The minimum absolute atomic E-state index is 0.222. The fourth-order valence-corrected chi connectivity index (χ4v) is 4.47. The number of cyclic esters (lactones) is 1. The topological polar surface area (TPSA) is 41.6 Å². The van der Waals surface area contributed by atoms with Gasteiger partial charge in [-0.3, -0.25) is 4.90 Å². The van der Waals surface area contributed by atoms with Gasteiger partial charge < -0.3 is 10.1 Å². The Morgan fingerprint density at radius 1 is 1.46 bits per heavy atom. The number of halogens is 1. The molecule has 0 saturated carbocycles. The molecule has 0 radical (unpaired) electrons. The van der Waals surface area contributed by atoms with Crippen LogP contribution in [0.3, 0.4) is 0 Å². The van der Waals surface area contributed by atoms with Crippen LogP contribution in [0, 0.1) is 5.82 Å². The fourth-order valence-electron chi connectivity index (χ4n) is 3.17. The molecular weight excluding hydrogens is 347 g/mol. The number of nitrogens with one attached hydrogen (secondary N) is 1. The van der Waals surface area contributed by atoms with Gasteiger partial charge in [-0.2, -0.15) is 0 Å². The van der Waals surface area contributed by atoms with Gasteiger partial charge in [0.25, 0.3) is 0 Å². The standard InChI is InChI=1S/C17H21FN2O2S2/c1-11(23)19-9-14-10-20(17(21)22-14)13-2-3-15(16(18)8-13)12-4-6-24-7-5-12/h2-3,8,12,14H,4-7,9-10H2,1H3,(H,19,23)/p+1/t14-/m0/s1. The maximum atomic E-state index is 14.6. The molecule has 2 saturated heterocycles. The predicted molar refractivity (Wildman–Crippen MR) is 101 cm³/mol. The molecule has 1 aromatic rings. The minimum atomic E-state index is -0.438. The van der Waals surface area contributed by atoms with Crippen molar-refractivity contribution in [2.75, 3.05) is 29.5 Å². The van der Waals surface area contributed by atoms with Crippen molar-refractivity contribution >= 4 is 40.7 Å². The predicted octanol–water partition coefficient (Wildman–Crippen LogP) is 2.78. The van der Waals surface area contributed by atoms with Crippen molar-refractivity contribution in [3.05, 3.63) is 29.6 Å². The molecule has 0 spiro atoms. The van der Waals surface area contributed by atoms with Crippen molar-refractivity contribution in [1.82, 2.24) is 5.32 Å².